The highest BCUT2D eigenvalue weighted by Gasteiger charge is 2.51. The summed E-state index contributed by atoms with van der Waals surface area (Å²) in [6, 6.07) is 19.2. The quantitative estimate of drug-likeness (QED) is 0.732. The summed E-state index contributed by atoms with van der Waals surface area (Å²) in [5, 5.41) is 10.7. The molecule has 0 saturated carbocycles. The first-order chi connectivity index (χ1) is 13.7. The summed E-state index contributed by atoms with van der Waals surface area (Å²) < 4.78 is 27.6. The molecular formula is C21H22O7. The lowest BCUT2D eigenvalue weighted by atomic mass is 10.1. The molecule has 0 spiro atoms. The Kier molecular flexibility index (Phi) is 5.87. The molecule has 2 aromatic carbocycles. The summed E-state index contributed by atoms with van der Waals surface area (Å²) in [6.07, 6.45) is -4.75. The van der Waals surface area contributed by atoms with Gasteiger partial charge in [-0.05, 0) is 11.1 Å². The van der Waals surface area contributed by atoms with Crippen molar-refractivity contribution in [2.75, 3.05) is 6.61 Å². The lowest BCUT2D eigenvalue weighted by Crippen LogP contribution is -2.42. The molecule has 2 fully saturated rings. The molecule has 1 N–H and O–H groups in total. The number of carbonyl (C=O) groups excluding carboxylic acids is 1. The first-order valence-electron chi connectivity index (χ1n) is 9.19. The Morgan fingerprint density at radius 3 is 2.11 bits per heavy atom. The van der Waals surface area contributed by atoms with Gasteiger partial charge in [0.15, 0.2) is 12.4 Å². The average molecular weight is 386 g/mol. The predicted molar refractivity (Wildman–Crippen MR) is 97.1 cm³/mol. The minimum Gasteiger partial charge on any atom is -0.430 e. The van der Waals surface area contributed by atoms with Gasteiger partial charge in [0.05, 0.1) is 13.2 Å². The summed E-state index contributed by atoms with van der Waals surface area (Å²) in [5.74, 6) is 0. The molecule has 2 heterocycles. The monoisotopic (exact) mass is 386 g/mol. The molecule has 2 saturated heterocycles. The zero-order valence-corrected chi connectivity index (χ0v) is 15.2. The summed E-state index contributed by atoms with van der Waals surface area (Å²) in [6.45, 7) is 0.615. The molecule has 7 heteroatoms. The summed E-state index contributed by atoms with van der Waals surface area (Å²) >= 11 is 0. The van der Waals surface area contributed by atoms with Crippen LogP contribution in [0.4, 0.5) is 4.79 Å². The van der Waals surface area contributed by atoms with Gasteiger partial charge in [-0.25, -0.2) is 4.79 Å². The molecule has 0 amide bonds. The molecule has 0 radical (unpaired) electrons. The highest BCUT2D eigenvalue weighted by molar-refractivity contribution is 5.62. The van der Waals surface area contributed by atoms with Crippen molar-refractivity contribution in [1.82, 2.24) is 0 Å². The van der Waals surface area contributed by atoms with Crippen LogP contribution in [0.5, 0.6) is 0 Å². The number of rotatable bonds is 7. The number of aliphatic hydroxyl groups excluding tert-OH is 1. The summed E-state index contributed by atoms with van der Waals surface area (Å²) in [4.78, 5) is 11.3. The third-order valence-corrected chi connectivity index (χ3v) is 4.75. The van der Waals surface area contributed by atoms with Crippen molar-refractivity contribution in [3.8, 4) is 0 Å². The molecular weight excluding hydrogens is 364 g/mol. The van der Waals surface area contributed by atoms with E-state index in [9.17, 15) is 9.90 Å². The van der Waals surface area contributed by atoms with Crippen molar-refractivity contribution in [3.05, 3.63) is 71.8 Å². The van der Waals surface area contributed by atoms with Crippen LogP contribution in [0.3, 0.4) is 0 Å². The Morgan fingerprint density at radius 1 is 0.929 bits per heavy atom. The second-order valence-corrected chi connectivity index (χ2v) is 6.73. The van der Waals surface area contributed by atoms with Gasteiger partial charge >= 0.3 is 6.16 Å². The van der Waals surface area contributed by atoms with E-state index in [1.807, 2.05) is 60.7 Å². The van der Waals surface area contributed by atoms with Crippen LogP contribution in [0.25, 0.3) is 0 Å². The zero-order chi connectivity index (χ0) is 19.3. The molecule has 5 atom stereocenters. The second-order valence-electron chi connectivity index (χ2n) is 6.73. The fraction of sp³-hybridized carbons (Fsp3) is 0.381. The molecule has 28 heavy (non-hydrogen) atoms. The largest absolute Gasteiger partial charge is 0.508 e. The SMILES string of the molecule is O=C1OC[C@@H]([C@H]2OC(OCc3ccccc3)[C@@H](O)C2OCc2ccccc2)O1. The number of aliphatic hydroxyl groups is 1. The molecule has 2 aromatic rings. The number of hydrogen-bond acceptors (Lipinski definition) is 7. The Balaban J connectivity index is 1.43. The highest BCUT2D eigenvalue weighted by Crippen LogP contribution is 2.31. The number of carbonyl (C=O) groups is 1. The Labute approximate surface area is 162 Å². The third-order valence-electron chi connectivity index (χ3n) is 4.75. The summed E-state index contributed by atoms with van der Waals surface area (Å²) in [7, 11) is 0. The Hall–Kier alpha value is -2.45. The van der Waals surface area contributed by atoms with E-state index in [0.29, 0.717) is 0 Å². The molecule has 7 nitrogen and oxygen atoms in total. The van der Waals surface area contributed by atoms with Crippen LogP contribution in [-0.2, 0) is 36.9 Å². The van der Waals surface area contributed by atoms with Crippen molar-refractivity contribution in [1.29, 1.82) is 0 Å². The van der Waals surface area contributed by atoms with Gasteiger partial charge in [-0.2, -0.15) is 0 Å². The van der Waals surface area contributed by atoms with Crippen LogP contribution in [0, 0.1) is 0 Å². The van der Waals surface area contributed by atoms with Gasteiger partial charge in [0.2, 0.25) is 0 Å². The lowest BCUT2D eigenvalue weighted by molar-refractivity contribution is -0.181. The maximum absolute atomic E-state index is 11.3. The maximum atomic E-state index is 11.3. The molecule has 0 aliphatic carbocycles. The van der Waals surface area contributed by atoms with Gasteiger partial charge in [0.25, 0.3) is 0 Å². The van der Waals surface area contributed by atoms with E-state index in [2.05, 4.69) is 0 Å². The highest BCUT2D eigenvalue weighted by atomic mass is 16.8. The van der Waals surface area contributed by atoms with Crippen LogP contribution in [-0.4, -0.2) is 48.6 Å². The first kappa shape index (κ1) is 18.9. The first-order valence-corrected chi connectivity index (χ1v) is 9.19. The van der Waals surface area contributed by atoms with E-state index >= 15 is 0 Å². The van der Waals surface area contributed by atoms with Crippen molar-refractivity contribution >= 4 is 6.16 Å². The maximum Gasteiger partial charge on any atom is 0.508 e. The standard InChI is InChI=1S/C21H22O7/c22-17-19(24-11-14-7-3-1-4-8-14)18(16-13-26-21(23)27-16)28-20(17)25-12-15-9-5-2-6-10-15/h1-10,16-20,22H,11-13H2/t16-,17-,18+,19?,20?/m0/s1. The van der Waals surface area contributed by atoms with Crippen molar-refractivity contribution in [2.24, 2.45) is 0 Å². The fourth-order valence-corrected chi connectivity index (χ4v) is 3.32. The number of cyclic esters (lactones) is 2. The van der Waals surface area contributed by atoms with E-state index in [-0.39, 0.29) is 19.8 Å². The average Bonchev–Trinajstić information content (AvgIpc) is 3.29. The van der Waals surface area contributed by atoms with E-state index in [1.165, 1.54) is 0 Å². The molecule has 2 aliphatic heterocycles. The van der Waals surface area contributed by atoms with E-state index < -0.39 is 36.9 Å². The molecule has 0 aromatic heterocycles. The second kappa shape index (κ2) is 8.70. The van der Waals surface area contributed by atoms with Crippen LogP contribution < -0.4 is 0 Å². The van der Waals surface area contributed by atoms with E-state index in [4.69, 9.17) is 23.7 Å². The van der Waals surface area contributed by atoms with Gasteiger partial charge in [0, 0.05) is 0 Å². The minimum absolute atomic E-state index is 0.0484. The van der Waals surface area contributed by atoms with Crippen LogP contribution in [0.2, 0.25) is 0 Å². The van der Waals surface area contributed by atoms with Crippen molar-refractivity contribution < 1.29 is 33.6 Å². The molecule has 148 valence electrons. The fourth-order valence-electron chi connectivity index (χ4n) is 3.32. The zero-order valence-electron chi connectivity index (χ0n) is 15.2. The molecule has 2 unspecified atom stereocenters. The molecule has 2 aliphatic rings. The van der Waals surface area contributed by atoms with Crippen molar-refractivity contribution in [3.63, 3.8) is 0 Å². The number of ether oxygens (including phenoxy) is 5. The Bertz CT molecular complexity index is 767. The van der Waals surface area contributed by atoms with E-state index in [1.54, 1.807) is 0 Å². The van der Waals surface area contributed by atoms with E-state index in [0.717, 1.165) is 11.1 Å². The van der Waals surface area contributed by atoms with Crippen LogP contribution in [0.1, 0.15) is 11.1 Å². The lowest BCUT2D eigenvalue weighted by Gasteiger charge is -2.23. The molecule has 4 rings (SSSR count). The van der Waals surface area contributed by atoms with Crippen LogP contribution in [0.15, 0.2) is 60.7 Å². The summed E-state index contributed by atoms with van der Waals surface area (Å²) in [5.41, 5.74) is 1.92. The van der Waals surface area contributed by atoms with Crippen LogP contribution >= 0.6 is 0 Å². The van der Waals surface area contributed by atoms with Crippen molar-refractivity contribution in [2.45, 2.75) is 43.9 Å². The minimum atomic E-state index is -1.03. The smallest absolute Gasteiger partial charge is 0.430 e. The third kappa shape index (κ3) is 4.34. The van der Waals surface area contributed by atoms with Gasteiger partial charge in [-0.1, -0.05) is 60.7 Å². The predicted octanol–water partition coefficient (Wildman–Crippen LogP) is 2.41. The van der Waals surface area contributed by atoms with Gasteiger partial charge in [-0.3, -0.25) is 0 Å². The van der Waals surface area contributed by atoms with Gasteiger partial charge in [0.1, 0.15) is 24.9 Å². The number of hydrogen-bond donors (Lipinski definition) is 1. The van der Waals surface area contributed by atoms with Gasteiger partial charge < -0.3 is 28.8 Å². The number of benzene rings is 2. The molecule has 0 bridgehead atoms. The Morgan fingerprint density at radius 2 is 1.54 bits per heavy atom. The topological polar surface area (TPSA) is 83.5 Å². The van der Waals surface area contributed by atoms with Gasteiger partial charge in [-0.15, -0.1) is 0 Å². The normalized spacial score (nSPS) is 29.5.